The van der Waals surface area contributed by atoms with Gasteiger partial charge in [-0.25, -0.2) is 0 Å². The van der Waals surface area contributed by atoms with Crippen LogP contribution in [0.1, 0.15) is 12.8 Å². The fourth-order valence-electron chi connectivity index (χ4n) is 1.46. The molecule has 1 aliphatic rings. The molecule has 1 aromatic rings. The van der Waals surface area contributed by atoms with Crippen LogP contribution in [0.3, 0.4) is 0 Å². The van der Waals surface area contributed by atoms with Crippen molar-refractivity contribution in [3.63, 3.8) is 0 Å². The standard InChI is InChI=1S/C10H11Cl2NO/c11-8-2-1-3-9(10(8)12)14-7-4-6(13)5-7/h1-3,6-7H,4-5,13H2/t6-,7-. The lowest BCUT2D eigenvalue weighted by molar-refractivity contribution is 0.101. The van der Waals surface area contributed by atoms with Crippen LogP contribution in [0.25, 0.3) is 0 Å². The molecule has 0 bridgehead atoms. The fraction of sp³-hybridized carbons (Fsp3) is 0.400. The molecule has 4 heteroatoms. The summed E-state index contributed by atoms with van der Waals surface area (Å²) in [5.74, 6) is 0.649. The molecule has 1 fully saturated rings. The van der Waals surface area contributed by atoms with Crippen molar-refractivity contribution in [1.29, 1.82) is 0 Å². The van der Waals surface area contributed by atoms with Crippen molar-refractivity contribution in [3.05, 3.63) is 28.2 Å². The molecule has 0 heterocycles. The van der Waals surface area contributed by atoms with E-state index in [0.717, 1.165) is 12.8 Å². The molecule has 14 heavy (non-hydrogen) atoms. The van der Waals surface area contributed by atoms with Gasteiger partial charge in [0.25, 0.3) is 0 Å². The molecule has 0 unspecified atom stereocenters. The topological polar surface area (TPSA) is 35.2 Å². The highest BCUT2D eigenvalue weighted by Crippen LogP contribution is 2.34. The highest BCUT2D eigenvalue weighted by atomic mass is 35.5. The minimum atomic E-state index is 0.195. The summed E-state index contributed by atoms with van der Waals surface area (Å²) in [5.41, 5.74) is 5.65. The molecular formula is C10H11Cl2NO. The Morgan fingerprint density at radius 2 is 2.00 bits per heavy atom. The van der Waals surface area contributed by atoms with Crippen LogP contribution in [-0.4, -0.2) is 12.1 Å². The van der Waals surface area contributed by atoms with Gasteiger partial charge in [-0.05, 0) is 25.0 Å². The van der Waals surface area contributed by atoms with E-state index in [2.05, 4.69) is 0 Å². The number of halogens is 2. The van der Waals surface area contributed by atoms with Crippen molar-refractivity contribution < 1.29 is 4.74 Å². The van der Waals surface area contributed by atoms with Gasteiger partial charge in [0, 0.05) is 6.04 Å². The second-order valence-electron chi connectivity index (χ2n) is 3.52. The Kier molecular flexibility index (Phi) is 2.86. The normalized spacial score (nSPS) is 25.6. The van der Waals surface area contributed by atoms with E-state index in [1.165, 1.54) is 0 Å². The molecule has 0 amide bonds. The van der Waals surface area contributed by atoms with Crippen LogP contribution in [0.15, 0.2) is 18.2 Å². The maximum absolute atomic E-state index is 5.97. The SMILES string of the molecule is N[C@H]1C[C@H](Oc2cccc(Cl)c2Cl)C1. The molecular weight excluding hydrogens is 221 g/mol. The van der Waals surface area contributed by atoms with Crippen LogP contribution in [-0.2, 0) is 0 Å². The average molecular weight is 232 g/mol. The third kappa shape index (κ3) is 1.97. The summed E-state index contributed by atoms with van der Waals surface area (Å²) in [5, 5.41) is 1.00. The molecule has 0 saturated heterocycles. The zero-order valence-corrected chi connectivity index (χ0v) is 9.05. The number of benzene rings is 1. The van der Waals surface area contributed by atoms with E-state index < -0.39 is 0 Å². The molecule has 0 radical (unpaired) electrons. The minimum absolute atomic E-state index is 0.195. The van der Waals surface area contributed by atoms with E-state index >= 15 is 0 Å². The molecule has 2 nitrogen and oxygen atoms in total. The third-order valence-corrected chi connectivity index (χ3v) is 3.14. The van der Waals surface area contributed by atoms with Gasteiger partial charge in [0.05, 0.1) is 5.02 Å². The summed E-state index contributed by atoms with van der Waals surface area (Å²) in [7, 11) is 0. The van der Waals surface area contributed by atoms with Crippen molar-refractivity contribution in [2.75, 3.05) is 0 Å². The van der Waals surface area contributed by atoms with Gasteiger partial charge >= 0.3 is 0 Å². The van der Waals surface area contributed by atoms with E-state index in [1.807, 2.05) is 12.1 Å². The van der Waals surface area contributed by atoms with Gasteiger partial charge in [-0.15, -0.1) is 0 Å². The summed E-state index contributed by atoms with van der Waals surface area (Å²) in [6.07, 6.45) is 1.98. The zero-order chi connectivity index (χ0) is 10.1. The lowest BCUT2D eigenvalue weighted by atomic mass is 9.90. The van der Waals surface area contributed by atoms with Crippen molar-refractivity contribution in [1.82, 2.24) is 0 Å². The lowest BCUT2D eigenvalue weighted by Gasteiger charge is -2.32. The van der Waals surface area contributed by atoms with Gasteiger partial charge in [-0.2, -0.15) is 0 Å². The Labute approximate surface area is 92.9 Å². The van der Waals surface area contributed by atoms with E-state index in [1.54, 1.807) is 6.07 Å². The predicted molar refractivity (Wildman–Crippen MR) is 58.1 cm³/mol. The Balaban J connectivity index is 2.06. The first-order chi connectivity index (χ1) is 6.66. The smallest absolute Gasteiger partial charge is 0.139 e. The number of hydrogen-bond acceptors (Lipinski definition) is 2. The summed E-state index contributed by atoms with van der Waals surface area (Å²) in [4.78, 5) is 0. The van der Waals surface area contributed by atoms with E-state index in [9.17, 15) is 0 Å². The molecule has 1 saturated carbocycles. The summed E-state index contributed by atoms with van der Waals surface area (Å²) < 4.78 is 5.64. The van der Waals surface area contributed by atoms with Gasteiger partial charge < -0.3 is 10.5 Å². The van der Waals surface area contributed by atoms with Crippen molar-refractivity contribution in [2.24, 2.45) is 5.73 Å². The Bertz CT molecular complexity index is 337. The molecule has 1 aliphatic carbocycles. The van der Waals surface area contributed by atoms with Crippen LogP contribution < -0.4 is 10.5 Å². The number of rotatable bonds is 2. The van der Waals surface area contributed by atoms with E-state index in [0.29, 0.717) is 15.8 Å². The average Bonchev–Trinajstić information content (AvgIpc) is 2.10. The van der Waals surface area contributed by atoms with Crippen LogP contribution >= 0.6 is 23.2 Å². The molecule has 0 atom stereocenters. The van der Waals surface area contributed by atoms with Gasteiger partial charge in [0.2, 0.25) is 0 Å². The molecule has 2 N–H and O–H groups in total. The van der Waals surface area contributed by atoms with Gasteiger partial charge in [-0.3, -0.25) is 0 Å². The van der Waals surface area contributed by atoms with Gasteiger partial charge in [0.15, 0.2) is 0 Å². The van der Waals surface area contributed by atoms with Crippen LogP contribution in [0.2, 0.25) is 10.0 Å². The van der Waals surface area contributed by atoms with Gasteiger partial charge in [0.1, 0.15) is 16.9 Å². The largest absolute Gasteiger partial charge is 0.489 e. The monoisotopic (exact) mass is 231 g/mol. The molecule has 0 aromatic heterocycles. The highest BCUT2D eigenvalue weighted by molar-refractivity contribution is 6.42. The third-order valence-electron chi connectivity index (χ3n) is 2.34. The minimum Gasteiger partial charge on any atom is -0.489 e. The number of nitrogens with two attached hydrogens (primary N) is 1. The Morgan fingerprint density at radius 3 is 2.64 bits per heavy atom. The van der Waals surface area contributed by atoms with E-state index in [-0.39, 0.29) is 12.1 Å². The number of ether oxygens (including phenoxy) is 1. The lowest BCUT2D eigenvalue weighted by Crippen LogP contribution is -2.43. The van der Waals surface area contributed by atoms with Crippen molar-refractivity contribution >= 4 is 23.2 Å². The first kappa shape index (κ1) is 10.1. The molecule has 0 spiro atoms. The Hall–Kier alpha value is -0.440. The summed E-state index contributed by atoms with van der Waals surface area (Å²) in [6.45, 7) is 0. The molecule has 0 aliphatic heterocycles. The molecule has 1 aromatic carbocycles. The highest BCUT2D eigenvalue weighted by Gasteiger charge is 2.28. The van der Waals surface area contributed by atoms with E-state index in [4.69, 9.17) is 33.7 Å². The van der Waals surface area contributed by atoms with Crippen LogP contribution in [0.4, 0.5) is 0 Å². The second kappa shape index (κ2) is 3.97. The first-order valence-corrected chi connectivity index (χ1v) is 5.28. The maximum atomic E-state index is 5.97. The number of hydrogen-bond donors (Lipinski definition) is 1. The van der Waals surface area contributed by atoms with Crippen molar-refractivity contribution in [2.45, 2.75) is 25.0 Å². The maximum Gasteiger partial charge on any atom is 0.139 e. The molecule has 76 valence electrons. The summed E-state index contributed by atoms with van der Waals surface area (Å²) in [6, 6.07) is 5.65. The predicted octanol–water partition coefficient (Wildman–Crippen LogP) is 2.86. The summed E-state index contributed by atoms with van der Waals surface area (Å²) >= 11 is 11.8. The second-order valence-corrected chi connectivity index (χ2v) is 4.31. The van der Waals surface area contributed by atoms with Crippen molar-refractivity contribution in [3.8, 4) is 5.75 Å². The van der Waals surface area contributed by atoms with Crippen LogP contribution in [0.5, 0.6) is 5.75 Å². The van der Waals surface area contributed by atoms with Gasteiger partial charge in [-0.1, -0.05) is 29.3 Å². The quantitative estimate of drug-likeness (QED) is 0.850. The van der Waals surface area contributed by atoms with Crippen LogP contribution in [0, 0.1) is 0 Å². The molecule has 2 rings (SSSR count). The fourth-order valence-corrected chi connectivity index (χ4v) is 1.79. The zero-order valence-electron chi connectivity index (χ0n) is 7.54. The Morgan fingerprint density at radius 1 is 1.29 bits per heavy atom. The first-order valence-electron chi connectivity index (χ1n) is 4.53.